The molecule has 0 amide bonds. The molecule has 1 aliphatic rings. The van der Waals surface area contributed by atoms with Crippen molar-refractivity contribution in [2.24, 2.45) is 5.73 Å². The molecule has 0 aromatic carbocycles. The van der Waals surface area contributed by atoms with Crippen LogP contribution in [-0.4, -0.2) is 28.5 Å². The van der Waals surface area contributed by atoms with Crippen molar-refractivity contribution in [3.05, 3.63) is 5.82 Å². The smallest absolute Gasteiger partial charge is 0.245 e. The Labute approximate surface area is 86.3 Å². The third-order valence-corrected chi connectivity index (χ3v) is 3.02. The highest BCUT2D eigenvalue weighted by Crippen LogP contribution is 2.20. The summed E-state index contributed by atoms with van der Waals surface area (Å²) in [6.45, 7) is 1.79. The van der Waals surface area contributed by atoms with Crippen molar-refractivity contribution in [2.45, 2.75) is 18.9 Å². The highest BCUT2D eigenvalue weighted by molar-refractivity contribution is 7.09. The molecule has 1 unspecified atom stereocenters. The van der Waals surface area contributed by atoms with E-state index in [1.807, 2.05) is 6.07 Å². The van der Waals surface area contributed by atoms with Crippen LogP contribution in [0.1, 0.15) is 18.7 Å². The second-order valence-electron chi connectivity index (χ2n) is 3.36. The van der Waals surface area contributed by atoms with Gasteiger partial charge in [0.05, 0.1) is 0 Å². The lowest BCUT2D eigenvalue weighted by molar-refractivity contribution is 0.505. The summed E-state index contributed by atoms with van der Waals surface area (Å²) < 4.78 is 3.92. The van der Waals surface area contributed by atoms with E-state index >= 15 is 0 Å². The van der Waals surface area contributed by atoms with E-state index in [0.29, 0.717) is 0 Å². The first-order valence-corrected chi connectivity index (χ1v) is 5.31. The van der Waals surface area contributed by atoms with Crippen LogP contribution in [0.2, 0.25) is 0 Å². The van der Waals surface area contributed by atoms with Crippen LogP contribution in [0.5, 0.6) is 0 Å². The minimum absolute atomic E-state index is 0.221. The Morgan fingerprint density at radius 3 is 3.14 bits per heavy atom. The zero-order valence-electron chi connectivity index (χ0n) is 7.68. The first-order valence-electron chi connectivity index (χ1n) is 4.54. The number of anilines is 1. The van der Waals surface area contributed by atoms with Gasteiger partial charge in [0.15, 0.2) is 0 Å². The Morgan fingerprint density at radius 2 is 2.50 bits per heavy atom. The summed E-state index contributed by atoms with van der Waals surface area (Å²) in [7, 11) is 0. The largest absolute Gasteiger partial charge is 0.345 e. The van der Waals surface area contributed by atoms with Gasteiger partial charge in [-0.3, -0.25) is 0 Å². The number of rotatable bonds is 1. The van der Waals surface area contributed by atoms with E-state index in [0.717, 1.165) is 31.1 Å². The molecule has 0 spiro atoms. The molecule has 74 valence electrons. The Bertz CT molecular complexity index is 355. The molecule has 1 aromatic rings. The Balaban J connectivity index is 2.10. The van der Waals surface area contributed by atoms with E-state index < -0.39 is 0 Å². The summed E-state index contributed by atoms with van der Waals surface area (Å²) in [5.41, 5.74) is 5.85. The third kappa shape index (κ3) is 1.84. The molecule has 0 aliphatic carbocycles. The predicted octanol–water partition coefficient (Wildman–Crippen LogP) is 0.337. The standard InChI is InChI=1S/C8H11N5S/c9-4-7-11-8(14-12-7)13-3-1-2-6(10)5-13/h6H,1-3,5,10H2. The topological polar surface area (TPSA) is 78.8 Å². The van der Waals surface area contributed by atoms with Crippen LogP contribution in [0.25, 0.3) is 0 Å². The van der Waals surface area contributed by atoms with Gasteiger partial charge >= 0.3 is 0 Å². The van der Waals surface area contributed by atoms with Crippen LogP contribution in [0, 0.1) is 11.3 Å². The number of hydrogen-bond donors (Lipinski definition) is 1. The van der Waals surface area contributed by atoms with Gasteiger partial charge in [0.25, 0.3) is 0 Å². The zero-order chi connectivity index (χ0) is 9.97. The van der Waals surface area contributed by atoms with Gasteiger partial charge in [-0.1, -0.05) is 0 Å². The maximum Gasteiger partial charge on any atom is 0.245 e. The number of piperidine rings is 1. The molecule has 2 rings (SSSR count). The van der Waals surface area contributed by atoms with E-state index in [1.54, 1.807) is 0 Å². The lowest BCUT2D eigenvalue weighted by atomic mass is 10.1. The summed E-state index contributed by atoms with van der Waals surface area (Å²) in [6.07, 6.45) is 2.16. The van der Waals surface area contributed by atoms with Gasteiger partial charge in [0, 0.05) is 30.7 Å². The highest BCUT2D eigenvalue weighted by atomic mass is 32.1. The van der Waals surface area contributed by atoms with Gasteiger partial charge in [-0.25, -0.2) is 0 Å². The van der Waals surface area contributed by atoms with E-state index in [-0.39, 0.29) is 11.9 Å². The van der Waals surface area contributed by atoms with E-state index in [4.69, 9.17) is 11.0 Å². The van der Waals surface area contributed by atoms with Gasteiger partial charge in [-0.05, 0) is 12.8 Å². The molecule has 1 saturated heterocycles. The van der Waals surface area contributed by atoms with Crippen LogP contribution in [0.15, 0.2) is 0 Å². The van der Waals surface area contributed by atoms with E-state index in [2.05, 4.69) is 14.3 Å². The van der Waals surface area contributed by atoms with Crippen molar-refractivity contribution in [1.29, 1.82) is 5.26 Å². The molecule has 14 heavy (non-hydrogen) atoms. The molecular formula is C8H11N5S. The van der Waals surface area contributed by atoms with Crippen LogP contribution in [-0.2, 0) is 0 Å². The van der Waals surface area contributed by atoms with Crippen LogP contribution in [0.3, 0.4) is 0 Å². The molecule has 0 radical (unpaired) electrons. The molecule has 6 heteroatoms. The van der Waals surface area contributed by atoms with Crippen LogP contribution in [0.4, 0.5) is 5.13 Å². The minimum atomic E-state index is 0.221. The Kier molecular flexibility index (Phi) is 2.61. The van der Waals surface area contributed by atoms with Gasteiger partial charge in [-0.2, -0.15) is 14.6 Å². The van der Waals surface area contributed by atoms with Crippen molar-refractivity contribution >= 4 is 16.7 Å². The summed E-state index contributed by atoms with van der Waals surface area (Å²) in [5.74, 6) is 0.254. The average molecular weight is 209 g/mol. The molecule has 1 fully saturated rings. The predicted molar refractivity (Wildman–Crippen MR) is 54.0 cm³/mol. The van der Waals surface area contributed by atoms with Gasteiger partial charge in [0.1, 0.15) is 6.07 Å². The quantitative estimate of drug-likeness (QED) is 0.721. The maximum atomic E-state index is 8.59. The summed E-state index contributed by atoms with van der Waals surface area (Å²) in [4.78, 5) is 6.21. The first kappa shape index (κ1) is 9.37. The molecule has 2 N–H and O–H groups in total. The van der Waals surface area contributed by atoms with Gasteiger partial charge in [-0.15, -0.1) is 0 Å². The van der Waals surface area contributed by atoms with Crippen molar-refractivity contribution in [3.8, 4) is 6.07 Å². The van der Waals surface area contributed by atoms with Crippen LogP contribution >= 0.6 is 11.5 Å². The lowest BCUT2D eigenvalue weighted by Gasteiger charge is -2.29. The fraction of sp³-hybridized carbons (Fsp3) is 0.625. The molecule has 0 saturated carbocycles. The monoisotopic (exact) mass is 209 g/mol. The summed E-state index contributed by atoms with van der Waals surface area (Å²) >= 11 is 1.27. The number of nitrogens with zero attached hydrogens (tertiary/aromatic N) is 4. The van der Waals surface area contributed by atoms with Gasteiger partial charge < -0.3 is 10.6 Å². The number of nitriles is 1. The SMILES string of the molecule is N#Cc1nsc(N2CCCC(N)C2)n1. The van der Waals surface area contributed by atoms with Gasteiger partial charge in [0.2, 0.25) is 11.0 Å². The fourth-order valence-corrected chi connectivity index (χ4v) is 2.23. The third-order valence-electron chi connectivity index (χ3n) is 2.24. The molecule has 1 aromatic heterocycles. The molecule has 1 aliphatic heterocycles. The van der Waals surface area contributed by atoms with Crippen molar-refractivity contribution in [1.82, 2.24) is 9.36 Å². The summed E-state index contributed by atoms with van der Waals surface area (Å²) in [5, 5.41) is 9.41. The molecular weight excluding hydrogens is 198 g/mol. The van der Waals surface area contributed by atoms with Crippen molar-refractivity contribution in [3.63, 3.8) is 0 Å². The van der Waals surface area contributed by atoms with Crippen molar-refractivity contribution < 1.29 is 0 Å². The molecule has 5 nitrogen and oxygen atoms in total. The van der Waals surface area contributed by atoms with E-state index in [9.17, 15) is 0 Å². The maximum absolute atomic E-state index is 8.59. The van der Waals surface area contributed by atoms with E-state index in [1.165, 1.54) is 11.5 Å². The first-order chi connectivity index (χ1) is 6.79. The normalized spacial score (nSPS) is 22.0. The molecule has 0 bridgehead atoms. The number of nitrogens with two attached hydrogens (primary N) is 1. The minimum Gasteiger partial charge on any atom is -0.345 e. The fourth-order valence-electron chi connectivity index (χ4n) is 1.57. The van der Waals surface area contributed by atoms with Crippen LogP contribution < -0.4 is 10.6 Å². The summed E-state index contributed by atoms with van der Waals surface area (Å²) in [6, 6.07) is 2.15. The Morgan fingerprint density at radius 1 is 1.64 bits per heavy atom. The zero-order valence-corrected chi connectivity index (χ0v) is 8.50. The lowest BCUT2D eigenvalue weighted by Crippen LogP contribution is -2.42. The van der Waals surface area contributed by atoms with Crippen molar-refractivity contribution in [2.75, 3.05) is 18.0 Å². The number of aromatic nitrogens is 2. The second-order valence-corrected chi connectivity index (χ2v) is 4.09. The number of hydrogen-bond acceptors (Lipinski definition) is 6. The highest BCUT2D eigenvalue weighted by Gasteiger charge is 2.19. The molecule has 1 atom stereocenters. The molecule has 2 heterocycles. The average Bonchev–Trinajstić information content (AvgIpc) is 2.66. The second kappa shape index (κ2) is 3.90. The Hall–Kier alpha value is -1.19.